The van der Waals surface area contributed by atoms with E-state index in [9.17, 15) is 4.79 Å². The topological polar surface area (TPSA) is 93.4 Å². The number of nitrogen functional groups attached to an aromatic ring is 1. The highest BCUT2D eigenvalue weighted by Gasteiger charge is 2.27. The van der Waals surface area contributed by atoms with Gasteiger partial charge in [0.05, 0.1) is 24.4 Å². The second kappa shape index (κ2) is 8.51. The van der Waals surface area contributed by atoms with Crippen LogP contribution in [0.2, 0.25) is 0 Å². The number of ether oxygens (including phenoxy) is 1. The first kappa shape index (κ1) is 18.0. The predicted molar refractivity (Wildman–Crippen MR) is 102 cm³/mol. The molecule has 3 N–H and O–H groups in total. The molecule has 26 heavy (non-hydrogen) atoms. The maximum Gasteiger partial charge on any atom is 0.309 e. The molecule has 1 fully saturated rings. The van der Waals surface area contributed by atoms with Crippen molar-refractivity contribution in [1.82, 2.24) is 9.97 Å². The number of piperidine rings is 1. The summed E-state index contributed by atoms with van der Waals surface area (Å²) in [5.74, 6) is 1.13. The number of nitrogens with one attached hydrogen (secondary N) is 1. The number of carbonyl (C=O) groups is 1. The van der Waals surface area contributed by atoms with Gasteiger partial charge in [-0.05, 0) is 25.3 Å². The highest BCUT2D eigenvalue weighted by atomic mass is 16.5. The molecule has 1 saturated heterocycles. The van der Waals surface area contributed by atoms with Gasteiger partial charge in [-0.1, -0.05) is 30.3 Å². The lowest BCUT2D eigenvalue weighted by atomic mass is 9.97. The molecule has 7 nitrogen and oxygen atoms in total. The van der Waals surface area contributed by atoms with Crippen LogP contribution in [0.25, 0.3) is 0 Å². The van der Waals surface area contributed by atoms with Crippen LogP contribution in [0.3, 0.4) is 0 Å². The summed E-state index contributed by atoms with van der Waals surface area (Å²) in [6.07, 6.45) is 3.13. The first-order valence-corrected chi connectivity index (χ1v) is 8.99. The van der Waals surface area contributed by atoms with Gasteiger partial charge in [-0.15, -0.1) is 0 Å². The van der Waals surface area contributed by atoms with E-state index in [1.165, 1.54) is 0 Å². The summed E-state index contributed by atoms with van der Waals surface area (Å²) in [6, 6.07) is 10.1. The molecule has 1 aliphatic rings. The predicted octanol–water partition coefficient (Wildman–Crippen LogP) is 2.45. The first-order chi connectivity index (χ1) is 12.7. The van der Waals surface area contributed by atoms with Crippen molar-refractivity contribution >= 4 is 23.4 Å². The minimum absolute atomic E-state index is 0.0318. The van der Waals surface area contributed by atoms with E-state index in [-0.39, 0.29) is 11.9 Å². The van der Waals surface area contributed by atoms with Crippen LogP contribution in [0.1, 0.15) is 25.3 Å². The summed E-state index contributed by atoms with van der Waals surface area (Å²) in [4.78, 5) is 22.9. The molecule has 7 heteroatoms. The number of rotatable bonds is 6. The Morgan fingerprint density at radius 2 is 2.04 bits per heavy atom. The fourth-order valence-corrected chi connectivity index (χ4v) is 3.03. The third-order valence-corrected chi connectivity index (χ3v) is 4.50. The van der Waals surface area contributed by atoms with Crippen LogP contribution >= 0.6 is 0 Å². The van der Waals surface area contributed by atoms with E-state index in [1.807, 2.05) is 37.3 Å². The molecule has 0 saturated carbocycles. The van der Waals surface area contributed by atoms with Crippen LogP contribution in [0.4, 0.5) is 17.5 Å². The first-order valence-electron chi connectivity index (χ1n) is 8.99. The summed E-state index contributed by atoms with van der Waals surface area (Å²) < 4.78 is 5.12. The van der Waals surface area contributed by atoms with Crippen molar-refractivity contribution < 1.29 is 9.53 Å². The highest BCUT2D eigenvalue weighted by molar-refractivity contribution is 5.72. The lowest BCUT2D eigenvalue weighted by molar-refractivity contribution is -0.148. The van der Waals surface area contributed by atoms with Gasteiger partial charge in [0, 0.05) is 19.6 Å². The van der Waals surface area contributed by atoms with Crippen molar-refractivity contribution in [2.24, 2.45) is 5.92 Å². The van der Waals surface area contributed by atoms with Crippen LogP contribution in [-0.4, -0.2) is 35.6 Å². The summed E-state index contributed by atoms with van der Waals surface area (Å²) in [5, 5.41) is 3.28. The second-order valence-electron chi connectivity index (χ2n) is 6.33. The zero-order valence-electron chi connectivity index (χ0n) is 15.0. The largest absolute Gasteiger partial charge is 0.466 e. The molecule has 1 aromatic heterocycles. The van der Waals surface area contributed by atoms with Gasteiger partial charge in [0.15, 0.2) is 5.82 Å². The summed E-state index contributed by atoms with van der Waals surface area (Å²) >= 11 is 0. The molecule has 0 aliphatic carbocycles. The normalized spacial score (nSPS) is 14.9. The second-order valence-corrected chi connectivity index (χ2v) is 6.33. The van der Waals surface area contributed by atoms with Gasteiger partial charge in [-0.2, -0.15) is 4.98 Å². The molecule has 3 rings (SSSR count). The maximum absolute atomic E-state index is 11.9. The molecule has 0 unspecified atom stereocenters. The molecular formula is C19H25N5O2. The van der Waals surface area contributed by atoms with Crippen LogP contribution in [0, 0.1) is 5.92 Å². The highest BCUT2D eigenvalue weighted by Crippen LogP contribution is 2.24. The Kier molecular flexibility index (Phi) is 5.88. The van der Waals surface area contributed by atoms with Crippen molar-refractivity contribution in [2.75, 3.05) is 35.6 Å². The van der Waals surface area contributed by atoms with Crippen molar-refractivity contribution in [3.8, 4) is 0 Å². The van der Waals surface area contributed by atoms with Crippen molar-refractivity contribution in [2.45, 2.75) is 26.3 Å². The number of carbonyl (C=O) groups excluding carboxylic acids is 1. The Labute approximate surface area is 153 Å². The molecule has 0 atom stereocenters. The van der Waals surface area contributed by atoms with Gasteiger partial charge in [0.2, 0.25) is 5.95 Å². The van der Waals surface area contributed by atoms with E-state index in [4.69, 9.17) is 10.5 Å². The van der Waals surface area contributed by atoms with E-state index < -0.39 is 0 Å². The minimum atomic E-state index is -0.101. The van der Waals surface area contributed by atoms with Crippen LogP contribution < -0.4 is 16.0 Å². The fourth-order valence-electron chi connectivity index (χ4n) is 3.03. The van der Waals surface area contributed by atoms with Crippen LogP contribution in [-0.2, 0) is 16.1 Å². The molecule has 0 radical (unpaired) electrons. The molecule has 138 valence electrons. The molecule has 1 aliphatic heterocycles. The lowest BCUT2D eigenvalue weighted by Crippen LogP contribution is -2.38. The van der Waals surface area contributed by atoms with E-state index >= 15 is 0 Å². The van der Waals surface area contributed by atoms with Crippen LogP contribution in [0.15, 0.2) is 36.5 Å². The van der Waals surface area contributed by atoms with Gasteiger partial charge in [-0.25, -0.2) is 4.98 Å². The quantitative estimate of drug-likeness (QED) is 0.769. The lowest BCUT2D eigenvalue weighted by Gasteiger charge is -2.31. The minimum Gasteiger partial charge on any atom is -0.466 e. The number of benzene rings is 1. The Morgan fingerprint density at radius 1 is 1.31 bits per heavy atom. The number of hydrogen-bond donors (Lipinski definition) is 2. The SMILES string of the molecule is CCOC(=O)C1CCN(c2ncc(N)c(NCc3ccccc3)n2)CC1. The fraction of sp³-hybridized carbons (Fsp3) is 0.421. The van der Waals surface area contributed by atoms with Gasteiger partial charge < -0.3 is 20.7 Å². The molecule has 0 amide bonds. The molecule has 2 aromatic rings. The van der Waals surface area contributed by atoms with E-state index in [1.54, 1.807) is 6.20 Å². The van der Waals surface area contributed by atoms with Gasteiger partial charge in [0.25, 0.3) is 0 Å². The summed E-state index contributed by atoms with van der Waals surface area (Å²) in [7, 11) is 0. The Balaban J connectivity index is 1.62. The van der Waals surface area contributed by atoms with Crippen molar-refractivity contribution in [3.05, 3.63) is 42.1 Å². The number of esters is 1. The zero-order valence-corrected chi connectivity index (χ0v) is 15.0. The number of hydrogen-bond acceptors (Lipinski definition) is 7. The van der Waals surface area contributed by atoms with E-state index in [0.29, 0.717) is 30.6 Å². The maximum atomic E-state index is 11.9. The standard InChI is InChI=1S/C19H25N5O2/c1-2-26-18(25)15-8-10-24(11-9-15)19-22-13-16(20)17(23-19)21-12-14-6-4-3-5-7-14/h3-7,13,15H,2,8-12,20H2,1H3,(H,21,22,23). The van der Waals surface area contributed by atoms with Crippen LogP contribution in [0.5, 0.6) is 0 Å². The third kappa shape index (κ3) is 4.41. The van der Waals surface area contributed by atoms with E-state index in [0.717, 1.165) is 31.5 Å². The zero-order chi connectivity index (χ0) is 18.4. The number of aromatic nitrogens is 2. The van der Waals surface area contributed by atoms with Gasteiger partial charge in [-0.3, -0.25) is 4.79 Å². The summed E-state index contributed by atoms with van der Waals surface area (Å²) in [5.41, 5.74) is 7.69. The van der Waals surface area contributed by atoms with E-state index in [2.05, 4.69) is 20.2 Å². The smallest absolute Gasteiger partial charge is 0.309 e. The monoisotopic (exact) mass is 355 g/mol. The van der Waals surface area contributed by atoms with Gasteiger partial charge in [0.1, 0.15) is 0 Å². The van der Waals surface area contributed by atoms with Gasteiger partial charge >= 0.3 is 5.97 Å². The number of nitrogens with two attached hydrogens (primary N) is 1. The molecule has 1 aromatic carbocycles. The molecule has 0 spiro atoms. The summed E-state index contributed by atoms with van der Waals surface area (Å²) in [6.45, 7) is 4.36. The molecule has 2 heterocycles. The van der Waals surface area contributed by atoms with Crippen molar-refractivity contribution in [3.63, 3.8) is 0 Å². The Morgan fingerprint density at radius 3 is 2.73 bits per heavy atom. The Bertz CT molecular complexity index is 730. The molecular weight excluding hydrogens is 330 g/mol. The number of anilines is 3. The number of nitrogens with zero attached hydrogens (tertiary/aromatic N) is 3. The Hall–Kier alpha value is -2.83. The average Bonchev–Trinajstić information content (AvgIpc) is 2.68. The third-order valence-electron chi connectivity index (χ3n) is 4.50. The van der Waals surface area contributed by atoms with Crippen molar-refractivity contribution in [1.29, 1.82) is 0 Å². The molecule has 0 bridgehead atoms. The average molecular weight is 355 g/mol.